The number of aromatic nitrogens is 1. The average molecular weight is 211 g/mol. The molecule has 3 N–H and O–H groups in total. The summed E-state index contributed by atoms with van der Waals surface area (Å²) in [5, 5.41) is 2.80. The molecule has 1 rings (SSSR count). The van der Waals surface area contributed by atoms with Crippen molar-refractivity contribution in [1.29, 1.82) is 0 Å². The first-order valence-electron chi connectivity index (χ1n) is 4.85. The first-order chi connectivity index (χ1) is 6.93. The number of nitrogens with one attached hydrogen (secondary N) is 1. The molecule has 15 heavy (non-hydrogen) atoms. The molecule has 0 aliphatic rings. The van der Waals surface area contributed by atoms with Gasteiger partial charge in [-0.3, -0.25) is 4.79 Å². The monoisotopic (exact) mass is 211 g/mol. The molecule has 5 heteroatoms. The fraction of sp³-hybridized carbons (Fsp3) is 0.600. The maximum absolute atomic E-state index is 11.5. The van der Waals surface area contributed by atoms with Gasteiger partial charge in [-0.15, -0.1) is 0 Å². The Morgan fingerprint density at radius 2 is 2.33 bits per heavy atom. The van der Waals surface area contributed by atoms with Crippen molar-refractivity contribution in [2.24, 2.45) is 5.73 Å². The van der Waals surface area contributed by atoms with E-state index in [1.807, 2.05) is 13.8 Å². The lowest BCUT2D eigenvalue weighted by Crippen LogP contribution is -2.49. The molecule has 1 aromatic rings. The van der Waals surface area contributed by atoms with Crippen LogP contribution < -0.4 is 11.1 Å². The van der Waals surface area contributed by atoms with E-state index >= 15 is 0 Å². The molecule has 0 radical (unpaired) electrons. The van der Waals surface area contributed by atoms with Crippen molar-refractivity contribution in [1.82, 2.24) is 10.3 Å². The largest absolute Gasteiger partial charge is 0.445 e. The second-order valence-electron chi connectivity index (χ2n) is 4.18. The van der Waals surface area contributed by atoms with Crippen LogP contribution in [0.4, 0.5) is 0 Å². The fourth-order valence-electron chi connectivity index (χ4n) is 1.09. The number of aryl methyl sites for hydroxylation is 1. The number of carbonyl (C=O) groups excluding carboxylic acids is 1. The minimum Gasteiger partial charge on any atom is -0.445 e. The summed E-state index contributed by atoms with van der Waals surface area (Å²) in [4.78, 5) is 15.5. The Morgan fingerprint density at radius 1 is 1.67 bits per heavy atom. The first kappa shape index (κ1) is 11.7. The van der Waals surface area contributed by atoms with Crippen LogP contribution in [0.5, 0.6) is 0 Å². The van der Waals surface area contributed by atoms with E-state index < -0.39 is 5.54 Å². The van der Waals surface area contributed by atoms with Crippen molar-refractivity contribution in [3.63, 3.8) is 0 Å². The van der Waals surface area contributed by atoms with Gasteiger partial charge >= 0.3 is 0 Å². The Bertz CT molecular complexity index is 344. The number of oxazole rings is 1. The molecule has 0 unspecified atom stereocenters. The Kier molecular flexibility index (Phi) is 3.47. The van der Waals surface area contributed by atoms with E-state index in [1.165, 1.54) is 0 Å². The van der Waals surface area contributed by atoms with E-state index in [-0.39, 0.29) is 12.3 Å². The summed E-state index contributed by atoms with van der Waals surface area (Å²) in [6, 6.07) is 0. The normalized spacial score (nSPS) is 11.5. The van der Waals surface area contributed by atoms with Crippen LogP contribution in [0.1, 0.15) is 25.5 Å². The maximum Gasteiger partial charge on any atom is 0.229 e. The van der Waals surface area contributed by atoms with Crippen LogP contribution in [0.3, 0.4) is 0 Å². The van der Waals surface area contributed by atoms with Crippen molar-refractivity contribution in [2.45, 2.75) is 32.7 Å². The highest BCUT2D eigenvalue weighted by Gasteiger charge is 2.19. The van der Waals surface area contributed by atoms with Gasteiger partial charge in [0.05, 0.1) is 6.20 Å². The summed E-state index contributed by atoms with van der Waals surface area (Å²) in [7, 11) is 0. The molecule has 0 spiro atoms. The second kappa shape index (κ2) is 4.44. The zero-order chi connectivity index (χ0) is 11.5. The van der Waals surface area contributed by atoms with Crippen molar-refractivity contribution < 1.29 is 9.21 Å². The molecular weight excluding hydrogens is 194 g/mol. The van der Waals surface area contributed by atoms with Crippen molar-refractivity contribution in [3.05, 3.63) is 17.8 Å². The predicted octanol–water partition coefficient (Wildman–Crippen LogP) is 0.379. The summed E-state index contributed by atoms with van der Waals surface area (Å²) in [5.74, 6) is 1.00. The maximum atomic E-state index is 11.5. The zero-order valence-electron chi connectivity index (χ0n) is 9.33. The first-order valence-corrected chi connectivity index (χ1v) is 4.85. The number of nitrogens with two attached hydrogens (primary N) is 1. The SMILES string of the molecule is Cc1cnc(CC(=O)NC(C)(C)CN)o1. The van der Waals surface area contributed by atoms with Crippen LogP contribution in [0.25, 0.3) is 0 Å². The van der Waals surface area contributed by atoms with E-state index in [2.05, 4.69) is 10.3 Å². The second-order valence-corrected chi connectivity index (χ2v) is 4.18. The molecular formula is C10H17N3O2. The van der Waals surface area contributed by atoms with Crippen molar-refractivity contribution in [3.8, 4) is 0 Å². The molecule has 0 saturated heterocycles. The Labute approximate surface area is 89.1 Å². The standard InChI is InChI=1S/C10H17N3O2/c1-7-5-12-9(15-7)4-8(14)13-10(2,3)6-11/h5H,4,6,11H2,1-3H3,(H,13,14). The van der Waals surface area contributed by atoms with Gasteiger partial charge in [-0.05, 0) is 20.8 Å². The van der Waals surface area contributed by atoms with Crippen LogP contribution in [0.15, 0.2) is 10.6 Å². The molecule has 0 aliphatic carbocycles. The van der Waals surface area contributed by atoms with Gasteiger partial charge in [0.1, 0.15) is 12.2 Å². The Balaban J connectivity index is 2.50. The van der Waals surface area contributed by atoms with Crippen LogP contribution in [-0.4, -0.2) is 23.0 Å². The Morgan fingerprint density at radius 3 is 2.80 bits per heavy atom. The molecule has 1 aromatic heterocycles. The van der Waals surface area contributed by atoms with Gasteiger partial charge < -0.3 is 15.5 Å². The third-order valence-corrected chi connectivity index (χ3v) is 1.97. The topological polar surface area (TPSA) is 81.2 Å². The summed E-state index contributed by atoms with van der Waals surface area (Å²) in [6.07, 6.45) is 1.74. The van der Waals surface area contributed by atoms with E-state index in [1.54, 1.807) is 13.1 Å². The number of hydrogen-bond acceptors (Lipinski definition) is 4. The highest BCUT2D eigenvalue weighted by Crippen LogP contribution is 2.04. The summed E-state index contributed by atoms with van der Waals surface area (Å²) in [6.45, 7) is 5.92. The molecule has 0 saturated carbocycles. The molecule has 0 bridgehead atoms. The summed E-state index contributed by atoms with van der Waals surface area (Å²) < 4.78 is 5.20. The Hall–Kier alpha value is -1.36. The van der Waals surface area contributed by atoms with Crippen LogP contribution in [0, 0.1) is 6.92 Å². The van der Waals surface area contributed by atoms with Crippen molar-refractivity contribution in [2.75, 3.05) is 6.54 Å². The fourth-order valence-corrected chi connectivity index (χ4v) is 1.09. The van der Waals surface area contributed by atoms with Gasteiger partial charge in [-0.1, -0.05) is 0 Å². The van der Waals surface area contributed by atoms with E-state index in [9.17, 15) is 4.79 Å². The van der Waals surface area contributed by atoms with Gasteiger partial charge in [-0.25, -0.2) is 4.98 Å². The summed E-state index contributed by atoms with van der Waals surface area (Å²) in [5.41, 5.74) is 5.11. The lowest BCUT2D eigenvalue weighted by atomic mass is 10.1. The number of carbonyl (C=O) groups is 1. The molecule has 84 valence electrons. The number of rotatable bonds is 4. The third kappa shape index (κ3) is 3.71. The quantitative estimate of drug-likeness (QED) is 0.754. The highest BCUT2D eigenvalue weighted by atomic mass is 16.4. The number of hydrogen-bond donors (Lipinski definition) is 2. The minimum atomic E-state index is -0.390. The molecule has 0 atom stereocenters. The van der Waals surface area contributed by atoms with Crippen LogP contribution in [-0.2, 0) is 11.2 Å². The van der Waals surface area contributed by atoms with Gasteiger partial charge in [0.15, 0.2) is 0 Å². The molecule has 1 amide bonds. The molecule has 5 nitrogen and oxygen atoms in total. The molecule has 0 fully saturated rings. The van der Waals surface area contributed by atoms with E-state index in [0.717, 1.165) is 0 Å². The molecule has 0 aliphatic heterocycles. The van der Waals surface area contributed by atoms with E-state index in [4.69, 9.17) is 10.2 Å². The van der Waals surface area contributed by atoms with Gasteiger partial charge in [0.2, 0.25) is 11.8 Å². The van der Waals surface area contributed by atoms with Gasteiger partial charge in [-0.2, -0.15) is 0 Å². The highest BCUT2D eigenvalue weighted by molar-refractivity contribution is 5.78. The smallest absolute Gasteiger partial charge is 0.229 e. The molecule has 1 heterocycles. The third-order valence-electron chi connectivity index (χ3n) is 1.97. The zero-order valence-corrected chi connectivity index (χ0v) is 9.33. The number of nitrogens with zero attached hydrogens (tertiary/aromatic N) is 1. The minimum absolute atomic E-state index is 0.132. The van der Waals surface area contributed by atoms with Crippen LogP contribution >= 0.6 is 0 Å². The van der Waals surface area contributed by atoms with Crippen molar-refractivity contribution >= 4 is 5.91 Å². The lowest BCUT2D eigenvalue weighted by molar-refractivity contribution is -0.122. The number of amides is 1. The van der Waals surface area contributed by atoms with Crippen LogP contribution in [0.2, 0.25) is 0 Å². The predicted molar refractivity (Wildman–Crippen MR) is 56.2 cm³/mol. The summed E-state index contributed by atoms with van der Waals surface area (Å²) >= 11 is 0. The lowest BCUT2D eigenvalue weighted by Gasteiger charge is -2.23. The van der Waals surface area contributed by atoms with Gasteiger partial charge in [0, 0.05) is 12.1 Å². The van der Waals surface area contributed by atoms with Gasteiger partial charge in [0.25, 0.3) is 0 Å². The molecule has 0 aromatic carbocycles. The van der Waals surface area contributed by atoms with E-state index in [0.29, 0.717) is 18.2 Å². The average Bonchev–Trinajstić information content (AvgIpc) is 2.50.